The van der Waals surface area contributed by atoms with E-state index in [4.69, 9.17) is 0 Å². The fraction of sp³-hybridized carbons (Fsp3) is 0.583. The number of anilines is 1. The topological polar surface area (TPSA) is 58.1 Å². The van der Waals surface area contributed by atoms with Gasteiger partial charge in [0.1, 0.15) is 5.69 Å². The zero-order valence-electron chi connectivity index (χ0n) is 10.7. The van der Waals surface area contributed by atoms with E-state index in [1.54, 1.807) is 11.1 Å². The van der Waals surface area contributed by atoms with Crippen molar-refractivity contribution in [2.75, 3.05) is 4.90 Å². The van der Waals surface area contributed by atoms with Crippen LogP contribution in [0.15, 0.2) is 6.20 Å². The van der Waals surface area contributed by atoms with E-state index in [1.807, 2.05) is 13.8 Å². The molecule has 0 saturated heterocycles. The molecular weight excluding hydrogens is 216 g/mol. The van der Waals surface area contributed by atoms with E-state index < -0.39 is 0 Å². The molecule has 0 spiro atoms. The van der Waals surface area contributed by atoms with E-state index in [1.165, 1.54) is 0 Å². The summed E-state index contributed by atoms with van der Waals surface area (Å²) in [6.45, 7) is 8.54. The average Bonchev–Trinajstić information content (AvgIpc) is 2.27. The van der Waals surface area contributed by atoms with E-state index in [9.17, 15) is 4.79 Å². The Hall–Kier alpha value is -1.65. The lowest BCUT2D eigenvalue weighted by atomic mass is 10.1. The molecule has 0 bridgehead atoms. The molecule has 2 heterocycles. The number of urea groups is 1. The summed E-state index contributed by atoms with van der Waals surface area (Å²) in [5.74, 6) is 1.02. The summed E-state index contributed by atoms with van der Waals surface area (Å²) in [5.41, 5.74) is 1.76. The monoisotopic (exact) mass is 234 g/mol. The molecule has 5 heteroatoms. The highest BCUT2D eigenvalue weighted by Crippen LogP contribution is 2.24. The zero-order valence-corrected chi connectivity index (χ0v) is 10.7. The highest BCUT2D eigenvalue weighted by Gasteiger charge is 2.28. The van der Waals surface area contributed by atoms with E-state index in [-0.39, 0.29) is 12.1 Å². The third-order valence-electron chi connectivity index (χ3n) is 2.81. The second kappa shape index (κ2) is 4.31. The lowest BCUT2D eigenvalue weighted by molar-refractivity contribution is 0.242. The number of hydrogen-bond acceptors (Lipinski definition) is 3. The van der Waals surface area contributed by atoms with Gasteiger partial charge in [0.25, 0.3) is 0 Å². The van der Waals surface area contributed by atoms with Crippen LogP contribution >= 0.6 is 0 Å². The van der Waals surface area contributed by atoms with Crippen molar-refractivity contribution in [2.24, 2.45) is 0 Å². The van der Waals surface area contributed by atoms with Crippen LogP contribution in [0.4, 0.5) is 10.6 Å². The van der Waals surface area contributed by atoms with Gasteiger partial charge in [0.15, 0.2) is 5.82 Å². The lowest BCUT2D eigenvalue weighted by Crippen LogP contribution is -2.48. The van der Waals surface area contributed by atoms with Crippen LogP contribution in [-0.2, 0) is 6.54 Å². The molecule has 0 aliphatic carbocycles. The van der Waals surface area contributed by atoms with Gasteiger partial charge >= 0.3 is 6.03 Å². The number of fused-ring (bicyclic) bond motifs is 1. The first kappa shape index (κ1) is 11.8. The van der Waals surface area contributed by atoms with Gasteiger partial charge in [-0.15, -0.1) is 0 Å². The maximum absolute atomic E-state index is 11.8. The van der Waals surface area contributed by atoms with Crippen molar-refractivity contribution in [1.29, 1.82) is 0 Å². The van der Waals surface area contributed by atoms with Gasteiger partial charge in [0.2, 0.25) is 0 Å². The second-order valence-electron chi connectivity index (χ2n) is 4.84. The number of carbonyl (C=O) groups excluding carboxylic acids is 1. The minimum Gasteiger partial charge on any atom is -0.332 e. The van der Waals surface area contributed by atoms with Gasteiger partial charge < -0.3 is 5.32 Å². The third kappa shape index (κ3) is 2.09. The number of amides is 2. The Morgan fingerprint density at radius 1 is 1.35 bits per heavy atom. The first-order valence-corrected chi connectivity index (χ1v) is 5.93. The number of aromatic nitrogens is 2. The summed E-state index contributed by atoms with van der Waals surface area (Å²) in [6, 6.07) is -0.0199. The van der Waals surface area contributed by atoms with Crippen molar-refractivity contribution in [1.82, 2.24) is 15.3 Å². The SMILES string of the molecule is CC(C)c1cnc2c(n1)N(C(C)C)C(=O)NC2. The zero-order chi connectivity index (χ0) is 12.6. The Bertz CT molecular complexity index is 442. The number of rotatable bonds is 2. The van der Waals surface area contributed by atoms with Crippen LogP contribution in [0, 0.1) is 0 Å². The van der Waals surface area contributed by atoms with Gasteiger partial charge in [-0.3, -0.25) is 9.88 Å². The van der Waals surface area contributed by atoms with Gasteiger partial charge in [-0.25, -0.2) is 9.78 Å². The van der Waals surface area contributed by atoms with Crippen LogP contribution in [0.25, 0.3) is 0 Å². The molecule has 0 atom stereocenters. The van der Waals surface area contributed by atoms with E-state index in [0.29, 0.717) is 18.3 Å². The maximum atomic E-state index is 11.8. The molecule has 1 aromatic rings. The van der Waals surface area contributed by atoms with E-state index in [2.05, 4.69) is 29.1 Å². The predicted octanol–water partition coefficient (Wildman–Crippen LogP) is 2.04. The average molecular weight is 234 g/mol. The molecule has 5 nitrogen and oxygen atoms in total. The summed E-state index contributed by atoms with van der Waals surface area (Å²) in [6.07, 6.45) is 1.79. The molecular formula is C12H18N4O. The molecule has 0 aromatic carbocycles. The quantitative estimate of drug-likeness (QED) is 0.851. The van der Waals surface area contributed by atoms with Crippen LogP contribution in [0.1, 0.15) is 45.0 Å². The first-order chi connectivity index (χ1) is 8.00. The molecule has 92 valence electrons. The molecule has 2 amide bonds. The van der Waals surface area contributed by atoms with Crippen molar-refractivity contribution in [3.05, 3.63) is 17.6 Å². The highest BCUT2D eigenvalue weighted by molar-refractivity contribution is 5.93. The molecule has 0 saturated carbocycles. The Labute approximate surface area is 101 Å². The van der Waals surface area contributed by atoms with Crippen molar-refractivity contribution >= 4 is 11.8 Å². The molecule has 1 aliphatic rings. The summed E-state index contributed by atoms with van der Waals surface area (Å²) in [4.78, 5) is 22.4. The van der Waals surface area contributed by atoms with Gasteiger partial charge in [0.05, 0.1) is 12.2 Å². The van der Waals surface area contributed by atoms with Crippen molar-refractivity contribution < 1.29 is 4.79 Å². The molecule has 0 radical (unpaired) electrons. The van der Waals surface area contributed by atoms with Crippen LogP contribution in [0.3, 0.4) is 0 Å². The van der Waals surface area contributed by atoms with E-state index >= 15 is 0 Å². The minimum absolute atomic E-state index is 0.0748. The lowest BCUT2D eigenvalue weighted by Gasteiger charge is -2.31. The summed E-state index contributed by atoms with van der Waals surface area (Å²) >= 11 is 0. The van der Waals surface area contributed by atoms with Gasteiger partial charge in [0, 0.05) is 12.2 Å². The van der Waals surface area contributed by atoms with Crippen molar-refractivity contribution in [2.45, 2.75) is 46.2 Å². The number of nitrogens with zero attached hydrogens (tertiary/aromatic N) is 3. The Balaban J connectivity index is 2.48. The number of nitrogens with one attached hydrogen (secondary N) is 1. The first-order valence-electron chi connectivity index (χ1n) is 5.93. The molecule has 17 heavy (non-hydrogen) atoms. The fourth-order valence-corrected chi connectivity index (χ4v) is 1.83. The molecule has 0 unspecified atom stereocenters. The summed E-state index contributed by atoms with van der Waals surface area (Å²) in [5, 5.41) is 2.80. The van der Waals surface area contributed by atoms with Gasteiger partial charge in [-0.1, -0.05) is 13.8 Å². The highest BCUT2D eigenvalue weighted by atomic mass is 16.2. The molecule has 1 aromatic heterocycles. The molecule has 1 aliphatic heterocycles. The summed E-state index contributed by atoms with van der Waals surface area (Å²) < 4.78 is 0. The third-order valence-corrected chi connectivity index (χ3v) is 2.81. The Kier molecular flexibility index (Phi) is 3.00. The smallest absolute Gasteiger partial charge is 0.323 e. The fourth-order valence-electron chi connectivity index (χ4n) is 1.83. The van der Waals surface area contributed by atoms with Crippen LogP contribution < -0.4 is 10.2 Å². The molecule has 2 rings (SSSR count). The number of hydrogen-bond donors (Lipinski definition) is 1. The van der Waals surface area contributed by atoms with Crippen LogP contribution in [0.5, 0.6) is 0 Å². The predicted molar refractivity (Wildman–Crippen MR) is 66.0 cm³/mol. The normalized spacial score (nSPS) is 15.2. The Morgan fingerprint density at radius 2 is 2.06 bits per heavy atom. The maximum Gasteiger partial charge on any atom is 0.323 e. The van der Waals surface area contributed by atoms with Crippen LogP contribution in [0.2, 0.25) is 0 Å². The van der Waals surface area contributed by atoms with E-state index in [0.717, 1.165) is 11.4 Å². The van der Waals surface area contributed by atoms with Crippen LogP contribution in [-0.4, -0.2) is 22.0 Å². The largest absolute Gasteiger partial charge is 0.332 e. The van der Waals surface area contributed by atoms with Crippen molar-refractivity contribution in [3.63, 3.8) is 0 Å². The minimum atomic E-state index is -0.0947. The second-order valence-corrected chi connectivity index (χ2v) is 4.84. The molecule has 1 N–H and O–H groups in total. The standard InChI is InChI=1S/C12H18N4O/c1-7(2)9-5-13-10-6-14-12(17)16(8(3)4)11(10)15-9/h5,7-8H,6H2,1-4H3,(H,14,17). The number of carbonyl (C=O) groups is 1. The van der Waals surface area contributed by atoms with Crippen molar-refractivity contribution in [3.8, 4) is 0 Å². The summed E-state index contributed by atoms with van der Waals surface area (Å²) in [7, 11) is 0. The van der Waals surface area contributed by atoms with Gasteiger partial charge in [-0.2, -0.15) is 0 Å². The Morgan fingerprint density at radius 3 is 2.65 bits per heavy atom. The molecule has 0 fully saturated rings. The van der Waals surface area contributed by atoms with Gasteiger partial charge in [-0.05, 0) is 19.8 Å².